The highest BCUT2D eigenvalue weighted by atomic mass is 19.4. The molecule has 0 saturated carbocycles. The molecule has 144 valence electrons. The third-order valence-corrected chi connectivity index (χ3v) is 3.65. The van der Waals surface area contributed by atoms with Crippen molar-refractivity contribution >= 4 is 11.9 Å². The molecule has 1 N–H and O–H groups in total. The van der Waals surface area contributed by atoms with Gasteiger partial charge in [0.05, 0.1) is 0 Å². The van der Waals surface area contributed by atoms with Crippen LogP contribution in [-0.2, 0) is 17.5 Å². The summed E-state index contributed by atoms with van der Waals surface area (Å²) in [4.78, 5) is 31.5. The van der Waals surface area contributed by atoms with Crippen molar-refractivity contribution in [3.8, 4) is 0 Å². The summed E-state index contributed by atoms with van der Waals surface area (Å²) in [5.74, 6) is -3.10. The molecule has 0 bridgehead atoms. The topological polar surface area (TPSA) is 83.4 Å². The van der Waals surface area contributed by atoms with Gasteiger partial charge in [-0.25, -0.2) is 9.97 Å². The van der Waals surface area contributed by atoms with Crippen molar-refractivity contribution in [3.63, 3.8) is 0 Å². The van der Waals surface area contributed by atoms with Gasteiger partial charge in [-0.05, 0) is 25.0 Å². The van der Waals surface area contributed by atoms with E-state index in [0.717, 1.165) is 5.56 Å². The van der Waals surface area contributed by atoms with Gasteiger partial charge in [-0.15, -0.1) is 0 Å². The Morgan fingerprint density at radius 1 is 1.15 bits per heavy atom. The first-order chi connectivity index (χ1) is 12.7. The summed E-state index contributed by atoms with van der Waals surface area (Å²) < 4.78 is 38.8. The van der Waals surface area contributed by atoms with E-state index in [2.05, 4.69) is 9.97 Å². The molecule has 6 nitrogen and oxygen atoms in total. The van der Waals surface area contributed by atoms with E-state index in [1.165, 1.54) is 17.9 Å². The van der Waals surface area contributed by atoms with Gasteiger partial charge >= 0.3 is 12.1 Å². The van der Waals surface area contributed by atoms with Crippen molar-refractivity contribution in [3.05, 3.63) is 59.2 Å². The average Bonchev–Trinajstić information content (AvgIpc) is 2.59. The molecule has 1 aromatic carbocycles. The molecule has 0 unspecified atom stereocenters. The molecule has 1 heterocycles. The third kappa shape index (κ3) is 6.05. The minimum absolute atomic E-state index is 0.0193. The SMILES string of the molecule is Cc1cc(C(=O)N(CCCC(=O)O)Cc2ccccc2)nc(C(F)(F)F)n1. The molecule has 27 heavy (non-hydrogen) atoms. The number of carboxylic acid groups (broad SMARTS) is 1. The Kier molecular flexibility index (Phi) is 6.49. The van der Waals surface area contributed by atoms with Crippen LogP contribution in [0.1, 0.15) is 40.4 Å². The minimum Gasteiger partial charge on any atom is -0.481 e. The van der Waals surface area contributed by atoms with E-state index in [1.807, 2.05) is 0 Å². The predicted molar refractivity (Wildman–Crippen MR) is 89.8 cm³/mol. The highest BCUT2D eigenvalue weighted by Gasteiger charge is 2.36. The summed E-state index contributed by atoms with van der Waals surface area (Å²) >= 11 is 0. The monoisotopic (exact) mass is 381 g/mol. The van der Waals surface area contributed by atoms with Crippen LogP contribution < -0.4 is 0 Å². The van der Waals surface area contributed by atoms with Crippen LogP contribution >= 0.6 is 0 Å². The molecule has 0 saturated heterocycles. The first-order valence-corrected chi connectivity index (χ1v) is 8.14. The lowest BCUT2D eigenvalue weighted by Crippen LogP contribution is -2.33. The maximum atomic E-state index is 12.9. The smallest absolute Gasteiger partial charge is 0.451 e. The van der Waals surface area contributed by atoms with Crippen LogP contribution in [0.25, 0.3) is 0 Å². The van der Waals surface area contributed by atoms with Gasteiger partial charge in [-0.2, -0.15) is 13.2 Å². The van der Waals surface area contributed by atoms with E-state index < -0.39 is 23.9 Å². The molecule has 0 spiro atoms. The predicted octanol–water partition coefficient (Wildman–Crippen LogP) is 3.31. The van der Waals surface area contributed by atoms with E-state index in [9.17, 15) is 22.8 Å². The highest BCUT2D eigenvalue weighted by molar-refractivity contribution is 5.92. The van der Waals surface area contributed by atoms with Crippen LogP contribution in [0.4, 0.5) is 13.2 Å². The molecule has 0 fully saturated rings. The maximum absolute atomic E-state index is 12.9. The van der Waals surface area contributed by atoms with Crippen LogP contribution in [0.5, 0.6) is 0 Å². The molecule has 1 aromatic heterocycles. The van der Waals surface area contributed by atoms with Crippen molar-refractivity contribution in [1.82, 2.24) is 14.9 Å². The highest BCUT2D eigenvalue weighted by Crippen LogP contribution is 2.26. The molecular weight excluding hydrogens is 363 g/mol. The minimum atomic E-state index is -4.77. The lowest BCUT2D eigenvalue weighted by molar-refractivity contribution is -0.145. The fraction of sp³-hybridized carbons (Fsp3) is 0.333. The standard InChI is InChI=1S/C18H18F3N3O3/c1-12-10-14(23-17(22-12)18(19,20)21)16(27)24(9-5-8-15(25)26)11-13-6-3-2-4-7-13/h2-4,6-7,10H,5,8-9,11H2,1H3,(H,25,26). The zero-order valence-electron chi connectivity index (χ0n) is 14.5. The van der Waals surface area contributed by atoms with Gasteiger partial charge in [0.1, 0.15) is 5.69 Å². The number of aliphatic carboxylic acids is 1. The Morgan fingerprint density at radius 2 is 1.81 bits per heavy atom. The van der Waals surface area contributed by atoms with Crippen molar-refractivity contribution in [2.75, 3.05) is 6.54 Å². The number of aryl methyl sites for hydroxylation is 1. The fourth-order valence-corrected chi connectivity index (χ4v) is 2.44. The van der Waals surface area contributed by atoms with Gasteiger partial charge in [0.25, 0.3) is 5.91 Å². The quantitative estimate of drug-likeness (QED) is 0.796. The molecule has 0 aliphatic rings. The van der Waals surface area contributed by atoms with E-state index in [1.54, 1.807) is 30.3 Å². The number of rotatable bonds is 7. The first-order valence-electron chi connectivity index (χ1n) is 8.14. The van der Waals surface area contributed by atoms with Crippen molar-refractivity contribution in [2.45, 2.75) is 32.5 Å². The normalized spacial score (nSPS) is 11.3. The van der Waals surface area contributed by atoms with Crippen LogP contribution in [0.15, 0.2) is 36.4 Å². The molecular formula is C18H18F3N3O3. The summed E-state index contributed by atoms with van der Waals surface area (Å²) in [5.41, 5.74) is 0.412. The third-order valence-electron chi connectivity index (χ3n) is 3.65. The summed E-state index contributed by atoms with van der Waals surface area (Å²) in [5, 5.41) is 8.78. The molecule has 2 rings (SSSR count). The number of hydrogen-bond acceptors (Lipinski definition) is 4. The van der Waals surface area contributed by atoms with Gasteiger partial charge < -0.3 is 10.0 Å². The van der Waals surface area contributed by atoms with Gasteiger partial charge in [0.2, 0.25) is 5.82 Å². The zero-order chi connectivity index (χ0) is 20.0. The lowest BCUT2D eigenvalue weighted by atomic mass is 10.2. The molecule has 9 heteroatoms. The summed E-state index contributed by atoms with van der Waals surface area (Å²) in [6, 6.07) is 10.1. The van der Waals surface area contributed by atoms with Gasteiger partial charge in [0, 0.05) is 25.2 Å². The first kappa shape index (κ1) is 20.3. The maximum Gasteiger partial charge on any atom is 0.451 e. The van der Waals surface area contributed by atoms with Gasteiger partial charge in [-0.3, -0.25) is 9.59 Å². The Labute approximate surface area is 153 Å². The van der Waals surface area contributed by atoms with Gasteiger partial charge in [-0.1, -0.05) is 30.3 Å². The van der Waals surface area contributed by atoms with E-state index in [0.29, 0.717) is 0 Å². The summed E-state index contributed by atoms with van der Waals surface area (Å²) in [6.07, 6.45) is -4.76. The van der Waals surface area contributed by atoms with Crippen molar-refractivity contribution in [2.24, 2.45) is 0 Å². The number of carboxylic acids is 1. The van der Waals surface area contributed by atoms with Crippen molar-refractivity contribution < 1.29 is 27.9 Å². The number of hydrogen-bond donors (Lipinski definition) is 1. The van der Waals surface area contributed by atoms with Crippen LogP contribution in [-0.4, -0.2) is 38.4 Å². The van der Waals surface area contributed by atoms with Crippen LogP contribution in [0.3, 0.4) is 0 Å². The summed E-state index contributed by atoms with van der Waals surface area (Å²) in [6.45, 7) is 1.55. The van der Waals surface area contributed by atoms with Crippen LogP contribution in [0, 0.1) is 6.92 Å². The van der Waals surface area contributed by atoms with E-state index in [4.69, 9.17) is 5.11 Å². The molecule has 0 radical (unpaired) electrons. The molecule has 0 atom stereocenters. The number of aromatic nitrogens is 2. The molecule has 2 aromatic rings. The molecule has 1 amide bonds. The number of carbonyl (C=O) groups excluding carboxylic acids is 1. The molecule has 0 aliphatic carbocycles. The second kappa shape index (κ2) is 8.61. The number of benzene rings is 1. The number of amides is 1. The Morgan fingerprint density at radius 3 is 2.41 bits per heavy atom. The summed E-state index contributed by atoms with van der Waals surface area (Å²) in [7, 11) is 0. The van der Waals surface area contributed by atoms with Crippen LogP contribution in [0.2, 0.25) is 0 Å². The number of carbonyl (C=O) groups is 2. The second-order valence-corrected chi connectivity index (χ2v) is 5.93. The van der Waals surface area contributed by atoms with Gasteiger partial charge in [0.15, 0.2) is 0 Å². The molecule has 0 aliphatic heterocycles. The zero-order valence-corrected chi connectivity index (χ0v) is 14.5. The number of alkyl halides is 3. The number of halogens is 3. The van der Waals surface area contributed by atoms with E-state index >= 15 is 0 Å². The largest absolute Gasteiger partial charge is 0.481 e. The Bertz CT molecular complexity index is 810. The lowest BCUT2D eigenvalue weighted by Gasteiger charge is -2.23. The van der Waals surface area contributed by atoms with E-state index in [-0.39, 0.29) is 37.3 Å². The average molecular weight is 381 g/mol. The Balaban J connectivity index is 2.29. The van der Waals surface area contributed by atoms with Crippen molar-refractivity contribution in [1.29, 1.82) is 0 Å². The number of nitrogens with zero attached hydrogens (tertiary/aromatic N) is 3. The fourth-order valence-electron chi connectivity index (χ4n) is 2.44. The Hall–Kier alpha value is -2.97. The second-order valence-electron chi connectivity index (χ2n) is 5.93.